The van der Waals surface area contributed by atoms with Crippen molar-refractivity contribution in [1.29, 1.82) is 0 Å². The minimum Gasteiger partial charge on any atom is -0.370 e. The van der Waals surface area contributed by atoms with Crippen molar-refractivity contribution in [2.24, 2.45) is 23.2 Å². The fraction of sp³-hybridized carbons (Fsp3) is 0.676. The molecule has 1 unspecified atom stereocenters. The van der Waals surface area contributed by atoms with E-state index >= 15 is 8.78 Å². The summed E-state index contributed by atoms with van der Waals surface area (Å²) in [5.74, 6) is -0.235. The number of benzene rings is 2. The first kappa shape index (κ1) is 70.2. The second-order valence-electron chi connectivity index (χ2n) is 29.6. The first-order chi connectivity index (χ1) is 46.3. The number of fused-ring (bicyclic) bond motifs is 2. The van der Waals surface area contributed by atoms with Gasteiger partial charge in [0.15, 0.2) is 0 Å². The highest BCUT2D eigenvalue weighted by Crippen LogP contribution is 2.37. The summed E-state index contributed by atoms with van der Waals surface area (Å²) in [6, 6.07) is 9.71. The molecule has 0 bridgehead atoms. The Morgan fingerprint density at radius 1 is 0.729 bits per heavy atom. The number of hydrogen-bond acceptors (Lipinski definition) is 16. The van der Waals surface area contributed by atoms with Crippen molar-refractivity contribution in [3.8, 4) is 0 Å². The van der Waals surface area contributed by atoms with Crippen molar-refractivity contribution in [3.63, 3.8) is 0 Å². The number of carbonyl (C=O) groups excluding carboxylic acids is 7. The summed E-state index contributed by atoms with van der Waals surface area (Å²) in [7, 11) is 1.70. The van der Waals surface area contributed by atoms with Gasteiger partial charge in [0.1, 0.15) is 41.7 Å². The number of likely N-dealkylation sites (tertiary alicyclic amines) is 4. The van der Waals surface area contributed by atoms with Gasteiger partial charge in [-0.1, -0.05) is 57.4 Å². The molecule has 524 valence electrons. The average Bonchev–Trinajstić information content (AvgIpc) is 0.848. The lowest BCUT2D eigenvalue weighted by Crippen LogP contribution is -2.66. The summed E-state index contributed by atoms with van der Waals surface area (Å²) in [5, 5.41) is 25.0. The molecule has 7 fully saturated rings. The SMILES string of the molecule is CN[C@@H](C)C(=O)N[C@H](C(=O)N1C[C@@H](NC(=O)CCC(=O)NCCN2C[C@@H]3CN(CCC(=O)NCCCNc4cc(N5CCC6(CC5)CN(c5cc(F)c(CN7CCC(C)(C)CC7)cc5F)CC(=O)N6)ncn4)C[C@@H]3C2)C[C@H]1C(=O)NC1CCCc2ccccc21)C1CCCCC1. The van der Waals surface area contributed by atoms with Crippen LogP contribution in [0.4, 0.5) is 26.1 Å². The highest BCUT2D eigenvalue weighted by Gasteiger charge is 2.47. The molecule has 96 heavy (non-hydrogen) atoms. The van der Waals surface area contributed by atoms with E-state index in [9.17, 15) is 33.6 Å². The van der Waals surface area contributed by atoms with Crippen molar-refractivity contribution in [2.45, 2.75) is 172 Å². The van der Waals surface area contributed by atoms with Gasteiger partial charge in [-0.15, -0.1) is 0 Å². The Hall–Kier alpha value is -7.09. The molecular formula is C71H104F2N16O7. The van der Waals surface area contributed by atoms with Crippen LogP contribution in [0.25, 0.3) is 0 Å². The van der Waals surface area contributed by atoms with Crippen LogP contribution in [0.1, 0.15) is 146 Å². The number of amides is 7. The largest absolute Gasteiger partial charge is 0.370 e. The number of nitrogens with zero attached hydrogens (tertiary/aromatic N) is 8. The van der Waals surface area contributed by atoms with Gasteiger partial charge < -0.3 is 67.0 Å². The Morgan fingerprint density at radius 2 is 1.44 bits per heavy atom. The lowest BCUT2D eigenvalue weighted by Gasteiger charge is -2.48. The van der Waals surface area contributed by atoms with Gasteiger partial charge in [0.05, 0.1) is 29.9 Å². The predicted molar refractivity (Wildman–Crippen MR) is 363 cm³/mol. The molecule has 7 amide bonds. The summed E-state index contributed by atoms with van der Waals surface area (Å²) < 4.78 is 31.3. The van der Waals surface area contributed by atoms with Crippen LogP contribution in [0.2, 0.25) is 0 Å². The number of aromatic nitrogens is 2. The highest BCUT2D eigenvalue weighted by molar-refractivity contribution is 5.94. The van der Waals surface area contributed by atoms with Crippen LogP contribution in [-0.2, 0) is 46.5 Å². The lowest BCUT2D eigenvalue weighted by atomic mass is 9.82. The number of likely N-dealkylation sites (N-methyl/N-ethyl adjacent to an activating group) is 1. The summed E-state index contributed by atoms with van der Waals surface area (Å²) in [6.45, 7) is 16.6. The van der Waals surface area contributed by atoms with Gasteiger partial charge in [0, 0.05) is 135 Å². The van der Waals surface area contributed by atoms with E-state index in [4.69, 9.17) is 0 Å². The molecular weight excluding hydrogens is 1230 g/mol. The molecule has 7 heterocycles. The van der Waals surface area contributed by atoms with E-state index < -0.39 is 41.3 Å². The zero-order valence-electron chi connectivity index (χ0n) is 57.0. The van der Waals surface area contributed by atoms with Crippen LogP contribution in [0, 0.1) is 34.8 Å². The van der Waals surface area contributed by atoms with E-state index in [1.54, 1.807) is 23.8 Å². The highest BCUT2D eigenvalue weighted by atomic mass is 19.1. The maximum atomic E-state index is 15.8. The summed E-state index contributed by atoms with van der Waals surface area (Å²) in [6.07, 6.45) is 13.3. The monoisotopic (exact) mass is 1330 g/mol. The van der Waals surface area contributed by atoms with Crippen LogP contribution < -0.4 is 52.3 Å². The van der Waals surface area contributed by atoms with E-state index in [1.807, 2.05) is 24.3 Å². The van der Waals surface area contributed by atoms with Gasteiger partial charge >= 0.3 is 0 Å². The maximum absolute atomic E-state index is 15.8. The molecule has 3 aromatic rings. The minimum absolute atomic E-state index is 0.000991. The zero-order chi connectivity index (χ0) is 67.5. The first-order valence-electron chi connectivity index (χ1n) is 35.8. The van der Waals surface area contributed by atoms with E-state index in [0.717, 1.165) is 115 Å². The molecule has 7 atom stereocenters. The molecule has 23 nitrogen and oxygen atoms in total. The number of halogens is 2. The molecule has 11 rings (SSSR count). The average molecular weight is 1330 g/mol. The van der Waals surface area contributed by atoms with Crippen LogP contribution in [0.3, 0.4) is 0 Å². The molecule has 1 spiro atoms. The normalized spacial score (nSPS) is 24.3. The van der Waals surface area contributed by atoms with E-state index in [-0.39, 0.29) is 96.8 Å². The number of hydrogen-bond donors (Lipinski definition) is 8. The Balaban J connectivity index is 0.551. The van der Waals surface area contributed by atoms with Gasteiger partial charge in [0.2, 0.25) is 41.4 Å². The van der Waals surface area contributed by atoms with Crippen molar-refractivity contribution >= 4 is 58.7 Å². The van der Waals surface area contributed by atoms with Crippen LogP contribution in [-0.4, -0.2) is 212 Å². The molecule has 2 aromatic carbocycles. The van der Waals surface area contributed by atoms with Gasteiger partial charge in [-0.3, -0.25) is 38.5 Å². The summed E-state index contributed by atoms with van der Waals surface area (Å²) >= 11 is 0. The Bertz CT molecular complexity index is 3210. The van der Waals surface area contributed by atoms with E-state index in [2.05, 4.69) is 92.0 Å². The molecule has 1 saturated carbocycles. The maximum Gasteiger partial charge on any atom is 0.246 e. The van der Waals surface area contributed by atoms with Crippen LogP contribution in [0.5, 0.6) is 0 Å². The van der Waals surface area contributed by atoms with E-state index in [1.165, 1.54) is 24.0 Å². The molecule has 0 radical (unpaired) electrons. The smallest absolute Gasteiger partial charge is 0.246 e. The van der Waals surface area contributed by atoms with E-state index in [0.29, 0.717) is 108 Å². The number of rotatable bonds is 26. The number of anilines is 3. The topological polar surface area (TPSA) is 261 Å². The third kappa shape index (κ3) is 18.2. The molecule has 1 aromatic heterocycles. The second-order valence-corrected chi connectivity index (χ2v) is 29.6. The molecule has 8 aliphatic rings. The Kier molecular flexibility index (Phi) is 23.5. The van der Waals surface area contributed by atoms with Gasteiger partial charge in [-0.25, -0.2) is 18.7 Å². The van der Waals surface area contributed by atoms with Crippen LogP contribution in [0.15, 0.2) is 48.8 Å². The lowest BCUT2D eigenvalue weighted by molar-refractivity contribution is -0.143. The number of piperidine rings is 2. The third-order valence-electron chi connectivity index (χ3n) is 22.0. The quantitative estimate of drug-likeness (QED) is 0.0519. The molecule has 25 heteroatoms. The fourth-order valence-electron chi connectivity index (χ4n) is 16.1. The predicted octanol–water partition coefficient (Wildman–Crippen LogP) is 4.37. The van der Waals surface area contributed by atoms with Gasteiger partial charge in [0.25, 0.3) is 0 Å². The fourth-order valence-corrected chi connectivity index (χ4v) is 16.1. The van der Waals surface area contributed by atoms with Crippen LogP contribution >= 0.6 is 0 Å². The Labute approximate surface area is 564 Å². The second kappa shape index (κ2) is 32.1. The summed E-state index contributed by atoms with van der Waals surface area (Å²) in [5.41, 5.74) is 2.41. The minimum atomic E-state index is -0.855. The number of nitrogens with one attached hydrogen (secondary N) is 8. The van der Waals surface area contributed by atoms with Gasteiger partial charge in [-0.05, 0) is 138 Å². The Morgan fingerprint density at radius 3 is 2.19 bits per heavy atom. The first-order valence-corrected chi connectivity index (χ1v) is 35.8. The van der Waals surface area contributed by atoms with Crippen molar-refractivity contribution < 1.29 is 42.3 Å². The number of carbonyl (C=O) groups is 7. The number of aryl methyl sites for hydroxylation is 1. The molecule has 6 saturated heterocycles. The summed E-state index contributed by atoms with van der Waals surface area (Å²) in [4.78, 5) is 116. The number of piperazine rings is 1. The zero-order valence-corrected chi connectivity index (χ0v) is 57.0. The molecule has 2 aliphatic carbocycles. The third-order valence-corrected chi connectivity index (χ3v) is 22.0. The van der Waals surface area contributed by atoms with Gasteiger partial charge in [-0.2, -0.15) is 0 Å². The van der Waals surface area contributed by atoms with Crippen molar-refractivity contribution in [1.82, 2.24) is 66.8 Å². The van der Waals surface area contributed by atoms with Crippen molar-refractivity contribution in [3.05, 3.63) is 77.1 Å². The molecule has 6 aliphatic heterocycles. The molecule has 8 N–H and O–H groups in total. The standard InChI is InChI=1S/C71H104F2N16O7/c1-47(74-4)67(94)82-66(49-13-6-5-7-14-49)69(96)89-43-53(35-59(89)68(95)81-57-17-10-15-48-12-8-9-16-54(48)57)80-64(92)19-18-62(90)77-27-33-86-41-51-39-85(40-52(51)42-86)28-20-63(91)76-26-11-25-75-60-37-61(79-46-78-60)87-31-23-71(24-32-87)45-88(44-65(93)83-71)58-36-55(72)50(34-56(58)73)38-84-29-21-70(2,3)22-30-84/h8-9,12,16,34,36-37,46-47,49,51-53,57,59,66,74H,5-7,10-11,13-15,17-33,35,38-45H2,1-4H3,(H,76,91)(H,77,90)(H,80,92)(H,81,95)(H,82,94)(H,83,93)(H,75,78,79)/t47-,51-,52+,53-,57?,59-,66-/m0/s1. The van der Waals surface area contributed by atoms with Crippen molar-refractivity contribution in [2.75, 3.05) is 127 Å².